The van der Waals surface area contributed by atoms with Crippen LogP contribution in [0.2, 0.25) is 0 Å². The summed E-state index contributed by atoms with van der Waals surface area (Å²) in [7, 11) is 0. The summed E-state index contributed by atoms with van der Waals surface area (Å²) in [5.74, 6) is 0.850. The molecule has 0 amide bonds. The molecule has 5 aromatic carbocycles. The number of rotatable bonds is 3. The first-order chi connectivity index (χ1) is 20.4. The van der Waals surface area contributed by atoms with Gasteiger partial charge in [0.05, 0.1) is 16.6 Å². The zero-order valence-corrected chi connectivity index (χ0v) is 24.4. The molecule has 0 aliphatic carbocycles. The first kappa shape index (κ1) is 24.8. The predicted molar refractivity (Wildman–Crippen MR) is 176 cm³/mol. The van der Waals surface area contributed by atoms with Gasteiger partial charge in [-0.1, -0.05) is 82.3 Å². The summed E-state index contributed by atoms with van der Waals surface area (Å²) in [6.45, 7) is 9.07. The minimum atomic E-state index is 0.0865. The van der Waals surface area contributed by atoms with Crippen LogP contribution in [0.5, 0.6) is 0 Å². The lowest BCUT2D eigenvalue weighted by Crippen LogP contribution is -2.10. The van der Waals surface area contributed by atoms with Gasteiger partial charge in [0.1, 0.15) is 0 Å². The Labute approximate surface area is 244 Å². The minimum absolute atomic E-state index is 0.0865. The SMILES string of the molecule is CCc1ccc2c(c1)c1cc(C(C)(C)C)ccc1n2-c1ccc(-c2nnc3c4ccccc4c4ccccc4n23)cc1. The van der Waals surface area contributed by atoms with Crippen LogP contribution in [0.3, 0.4) is 0 Å². The van der Waals surface area contributed by atoms with Crippen molar-refractivity contribution < 1.29 is 0 Å². The first-order valence-electron chi connectivity index (χ1n) is 14.8. The van der Waals surface area contributed by atoms with Gasteiger partial charge in [0, 0.05) is 32.8 Å². The van der Waals surface area contributed by atoms with Crippen molar-refractivity contribution in [2.75, 3.05) is 0 Å². The predicted octanol–water partition coefficient (Wildman–Crippen LogP) is 9.66. The van der Waals surface area contributed by atoms with Crippen molar-refractivity contribution in [2.45, 2.75) is 39.5 Å². The van der Waals surface area contributed by atoms with Crippen LogP contribution in [0.25, 0.3) is 66.2 Å². The first-order valence-corrected chi connectivity index (χ1v) is 14.8. The van der Waals surface area contributed by atoms with Gasteiger partial charge in [-0.25, -0.2) is 0 Å². The average Bonchev–Trinajstić information content (AvgIpc) is 3.60. The third-order valence-electron chi connectivity index (χ3n) is 8.75. The van der Waals surface area contributed by atoms with Crippen molar-refractivity contribution in [3.63, 3.8) is 0 Å². The van der Waals surface area contributed by atoms with Crippen LogP contribution < -0.4 is 0 Å². The van der Waals surface area contributed by atoms with Gasteiger partial charge < -0.3 is 4.57 Å². The number of hydrogen-bond donors (Lipinski definition) is 0. The van der Waals surface area contributed by atoms with Crippen LogP contribution in [0, 0.1) is 0 Å². The van der Waals surface area contributed by atoms with Crippen molar-refractivity contribution >= 4 is 49.1 Å². The van der Waals surface area contributed by atoms with Crippen molar-refractivity contribution in [2.24, 2.45) is 0 Å². The van der Waals surface area contributed by atoms with E-state index in [-0.39, 0.29) is 5.41 Å². The van der Waals surface area contributed by atoms with Crippen molar-refractivity contribution in [1.82, 2.24) is 19.2 Å². The van der Waals surface area contributed by atoms with Gasteiger partial charge >= 0.3 is 0 Å². The molecule has 0 spiro atoms. The van der Waals surface area contributed by atoms with Crippen LogP contribution in [0.15, 0.2) is 109 Å². The van der Waals surface area contributed by atoms with E-state index in [9.17, 15) is 0 Å². The van der Waals surface area contributed by atoms with E-state index in [1.54, 1.807) is 0 Å². The molecule has 8 aromatic rings. The Morgan fingerprint density at radius 3 is 2.00 bits per heavy atom. The Hall–Kier alpha value is -4.96. The number of benzene rings is 5. The molecule has 0 N–H and O–H groups in total. The van der Waals surface area contributed by atoms with Crippen LogP contribution >= 0.6 is 0 Å². The Kier molecular flexibility index (Phi) is 5.33. The van der Waals surface area contributed by atoms with Gasteiger partial charge in [-0.05, 0) is 82.9 Å². The summed E-state index contributed by atoms with van der Waals surface area (Å²) in [4.78, 5) is 0. The highest BCUT2D eigenvalue weighted by Crippen LogP contribution is 2.37. The third kappa shape index (κ3) is 3.61. The van der Waals surface area contributed by atoms with Crippen LogP contribution in [0.4, 0.5) is 0 Å². The van der Waals surface area contributed by atoms with Gasteiger partial charge in [-0.3, -0.25) is 4.40 Å². The molecule has 4 nitrogen and oxygen atoms in total. The van der Waals surface area contributed by atoms with Crippen molar-refractivity contribution in [1.29, 1.82) is 0 Å². The Bertz CT molecular complexity index is 2310. The largest absolute Gasteiger partial charge is 0.309 e. The number of fused-ring (bicyclic) bond motifs is 9. The quantitative estimate of drug-likeness (QED) is 0.208. The van der Waals surface area contributed by atoms with Gasteiger partial charge in [-0.15, -0.1) is 10.2 Å². The monoisotopic (exact) mass is 544 g/mol. The zero-order chi connectivity index (χ0) is 28.6. The molecule has 0 atom stereocenters. The molecule has 0 aliphatic heterocycles. The number of aryl methyl sites for hydroxylation is 1. The maximum absolute atomic E-state index is 4.72. The number of nitrogens with zero attached hydrogens (tertiary/aromatic N) is 4. The fourth-order valence-corrected chi connectivity index (χ4v) is 6.48. The second-order valence-electron chi connectivity index (χ2n) is 12.3. The fourth-order valence-electron chi connectivity index (χ4n) is 6.48. The molecule has 0 bridgehead atoms. The van der Waals surface area contributed by atoms with E-state index >= 15 is 0 Å². The smallest absolute Gasteiger partial charge is 0.169 e. The van der Waals surface area contributed by atoms with Crippen LogP contribution in [-0.4, -0.2) is 19.2 Å². The Balaban J connectivity index is 1.33. The molecule has 0 saturated heterocycles. The maximum atomic E-state index is 4.72. The summed E-state index contributed by atoms with van der Waals surface area (Å²) in [5, 5.41) is 15.5. The van der Waals surface area contributed by atoms with Crippen molar-refractivity contribution in [3.8, 4) is 17.1 Å². The summed E-state index contributed by atoms with van der Waals surface area (Å²) < 4.78 is 4.60. The molecule has 0 fully saturated rings. The van der Waals surface area contributed by atoms with Gasteiger partial charge in [0.15, 0.2) is 11.5 Å². The van der Waals surface area contributed by atoms with E-state index in [1.807, 2.05) is 0 Å². The number of aromatic nitrogens is 4. The van der Waals surface area contributed by atoms with E-state index in [0.29, 0.717) is 0 Å². The van der Waals surface area contributed by atoms with E-state index in [4.69, 9.17) is 5.10 Å². The third-order valence-corrected chi connectivity index (χ3v) is 8.75. The molecule has 0 saturated carbocycles. The summed E-state index contributed by atoms with van der Waals surface area (Å²) in [6, 6.07) is 39.6. The minimum Gasteiger partial charge on any atom is -0.309 e. The van der Waals surface area contributed by atoms with Crippen molar-refractivity contribution in [3.05, 3.63) is 120 Å². The van der Waals surface area contributed by atoms with Gasteiger partial charge in [0.2, 0.25) is 0 Å². The standard InChI is InChI=1S/C38H32N4/c1-5-24-14-20-34-31(22-24)32-23-26(38(2,3)4)17-21-35(32)41(34)27-18-15-25(16-19-27)36-39-40-37-30-12-7-6-10-28(30)29-11-8-9-13-33(29)42(36)37/h6-23H,5H2,1-4H3. The summed E-state index contributed by atoms with van der Waals surface area (Å²) >= 11 is 0. The number of para-hydroxylation sites is 1. The highest BCUT2D eigenvalue weighted by Gasteiger charge is 2.19. The zero-order valence-electron chi connectivity index (χ0n) is 24.4. The van der Waals surface area contributed by atoms with E-state index < -0.39 is 0 Å². The Morgan fingerprint density at radius 1 is 0.595 bits per heavy atom. The molecule has 204 valence electrons. The molecular weight excluding hydrogens is 512 g/mol. The molecule has 3 aromatic heterocycles. The summed E-state index contributed by atoms with van der Waals surface area (Å²) in [5.41, 5.74) is 9.41. The number of hydrogen-bond acceptors (Lipinski definition) is 2. The normalized spacial score (nSPS) is 12.4. The highest BCUT2D eigenvalue weighted by atomic mass is 15.2. The lowest BCUT2D eigenvalue weighted by molar-refractivity contribution is 0.591. The Morgan fingerprint density at radius 2 is 1.26 bits per heavy atom. The van der Waals surface area contributed by atoms with Crippen LogP contribution in [-0.2, 0) is 11.8 Å². The van der Waals surface area contributed by atoms with E-state index in [2.05, 4.69) is 151 Å². The maximum Gasteiger partial charge on any atom is 0.169 e. The molecule has 0 radical (unpaired) electrons. The van der Waals surface area contributed by atoms with E-state index in [0.717, 1.165) is 40.0 Å². The number of pyridine rings is 1. The second kappa shape index (κ2) is 9.02. The fraction of sp³-hybridized carbons (Fsp3) is 0.158. The molecule has 0 unspecified atom stereocenters. The average molecular weight is 545 g/mol. The van der Waals surface area contributed by atoms with E-state index in [1.165, 1.54) is 43.7 Å². The highest BCUT2D eigenvalue weighted by molar-refractivity contribution is 6.12. The molecule has 3 heterocycles. The molecule has 0 aliphatic rings. The molecule has 8 rings (SSSR count). The van der Waals surface area contributed by atoms with Gasteiger partial charge in [0.25, 0.3) is 0 Å². The van der Waals surface area contributed by atoms with Gasteiger partial charge in [-0.2, -0.15) is 0 Å². The summed E-state index contributed by atoms with van der Waals surface area (Å²) in [6.07, 6.45) is 1.02. The molecular formula is C38H32N4. The lowest BCUT2D eigenvalue weighted by Gasteiger charge is -2.19. The molecule has 4 heteroatoms. The second-order valence-corrected chi connectivity index (χ2v) is 12.3. The topological polar surface area (TPSA) is 35.1 Å². The van der Waals surface area contributed by atoms with Crippen LogP contribution in [0.1, 0.15) is 38.8 Å². The molecule has 42 heavy (non-hydrogen) atoms. The lowest BCUT2D eigenvalue weighted by atomic mass is 9.86.